The Morgan fingerprint density at radius 2 is 1.84 bits per heavy atom. The van der Waals surface area contributed by atoms with Gasteiger partial charge in [-0.1, -0.05) is 12.1 Å². The molecule has 2 amide bonds. The van der Waals surface area contributed by atoms with Crippen LogP contribution in [0.25, 0.3) is 11.3 Å². The first-order valence-corrected chi connectivity index (χ1v) is 9.98. The van der Waals surface area contributed by atoms with Crippen LogP contribution in [-0.2, 0) is 4.79 Å². The second-order valence-corrected chi connectivity index (χ2v) is 7.70. The number of amides is 2. The smallest absolute Gasteiger partial charge is 0.315 e. The molecular formula is C24H21FN4O3. The van der Waals surface area contributed by atoms with Crippen molar-refractivity contribution in [1.82, 2.24) is 9.97 Å². The second kappa shape index (κ2) is 8.30. The lowest BCUT2D eigenvalue weighted by atomic mass is 10.1. The van der Waals surface area contributed by atoms with Gasteiger partial charge in [0.1, 0.15) is 23.9 Å². The normalized spacial score (nSPS) is 14.7. The van der Waals surface area contributed by atoms with Crippen molar-refractivity contribution in [3.8, 4) is 17.0 Å². The largest absolute Gasteiger partial charge is 0.485 e. The number of anilines is 1. The number of nitrogens with zero attached hydrogens (tertiary/aromatic N) is 4. The van der Waals surface area contributed by atoms with Gasteiger partial charge in [0.05, 0.1) is 11.4 Å². The maximum atomic E-state index is 14.5. The number of carbonyl (C=O) groups excluding carboxylic acids is 2. The van der Waals surface area contributed by atoms with E-state index in [2.05, 4.69) is 15.0 Å². The fourth-order valence-electron chi connectivity index (χ4n) is 3.41. The molecule has 2 aromatic carbocycles. The topological polar surface area (TPSA) is 84.8 Å². The molecule has 4 rings (SSSR count). The number of carbonyl (C=O) groups is 2. The Balaban J connectivity index is 1.67. The third-order valence-electron chi connectivity index (χ3n) is 5.17. The Bertz CT molecular complexity index is 1290. The van der Waals surface area contributed by atoms with Crippen LogP contribution in [0.1, 0.15) is 27.3 Å². The highest BCUT2D eigenvalue weighted by Crippen LogP contribution is 2.31. The zero-order valence-electron chi connectivity index (χ0n) is 18.1. The maximum absolute atomic E-state index is 14.5. The van der Waals surface area contributed by atoms with Crippen molar-refractivity contribution in [2.24, 2.45) is 4.99 Å². The maximum Gasteiger partial charge on any atom is 0.315 e. The lowest BCUT2D eigenvalue weighted by molar-refractivity contribution is -0.112. The van der Waals surface area contributed by atoms with Crippen molar-refractivity contribution in [2.45, 2.75) is 20.8 Å². The van der Waals surface area contributed by atoms with Crippen LogP contribution in [0.5, 0.6) is 5.75 Å². The Labute approximate surface area is 184 Å². The van der Waals surface area contributed by atoms with Crippen LogP contribution < -0.4 is 9.64 Å². The highest BCUT2D eigenvalue weighted by Gasteiger charge is 2.27. The fourth-order valence-corrected chi connectivity index (χ4v) is 3.41. The number of halogens is 1. The van der Waals surface area contributed by atoms with Gasteiger partial charge in [-0.25, -0.2) is 19.4 Å². The van der Waals surface area contributed by atoms with Crippen LogP contribution in [0, 0.1) is 26.6 Å². The minimum absolute atomic E-state index is 0.0707. The number of benzene rings is 2. The first-order chi connectivity index (χ1) is 15.2. The van der Waals surface area contributed by atoms with Gasteiger partial charge in [-0.2, -0.15) is 0 Å². The van der Waals surface area contributed by atoms with Crippen molar-refractivity contribution < 1.29 is 18.7 Å². The summed E-state index contributed by atoms with van der Waals surface area (Å²) in [6.07, 6.45) is 1.44. The predicted octanol–water partition coefficient (Wildman–Crippen LogP) is 3.84. The Kier molecular flexibility index (Phi) is 5.52. The second-order valence-electron chi connectivity index (χ2n) is 7.70. The molecule has 0 spiro atoms. The molecular weight excluding hydrogens is 411 g/mol. The zero-order valence-corrected chi connectivity index (χ0v) is 18.1. The lowest BCUT2D eigenvalue weighted by Gasteiger charge is -2.16. The van der Waals surface area contributed by atoms with E-state index in [9.17, 15) is 14.0 Å². The molecule has 32 heavy (non-hydrogen) atoms. The number of aryl methyl sites for hydroxylation is 3. The average molecular weight is 432 g/mol. The van der Waals surface area contributed by atoms with Crippen LogP contribution in [0.3, 0.4) is 0 Å². The zero-order chi connectivity index (χ0) is 23.0. The van der Waals surface area contributed by atoms with Crippen LogP contribution in [0.15, 0.2) is 47.6 Å². The third kappa shape index (κ3) is 3.99. The molecule has 0 saturated carbocycles. The van der Waals surface area contributed by atoms with Gasteiger partial charge in [0.2, 0.25) is 5.82 Å². The monoisotopic (exact) mass is 432 g/mol. The van der Waals surface area contributed by atoms with Gasteiger partial charge in [0.25, 0.3) is 5.91 Å². The molecule has 0 unspecified atom stereocenters. The Morgan fingerprint density at radius 3 is 2.59 bits per heavy atom. The van der Waals surface area contributed by atoms with E-state index >= 15 is 0 Å². The van der Waals surface area contributed by atoms with Crippen molar-refractivity contribution >= 4 is 23.2 Å². The molecule has 3 aromatic rings. The number of aromatic nitrogens is 2. The quantitative estimate of drug-likeness (QED) is 0.614. The number of ether oxygens (including phenoxy) is 1. The van der Waals surface area contributed by atoms with E-state index in [1.807, 2.05) is 19.1 Å². The molecule has 0 bridgehead atoms. The van der Waals surface area contributed by atoms with Gasteiger partial charge in [-0.3, -0.25) is 9.59 Å². The van der Waals surface area contributed by atoms with Crippen LogP contribution in [0.4, 0.5) is 10.1 Å². The predicted molar refractivity (Wildman–Crippen MR) is 119 cm³/mol. The fraction of sp³-hybridized carbons (Fsp3) is 0.208. The highest BCUT2D eigenvalue weighted by atomic mass is 19.1. The van der Waals surface area contributed by atoms with Gasteiger partial charge in [-0.05, 0) is 61.7 Å². The summed E-state index contributed by atoms with van der Waals surface area (Å²) >= 11 is 0. The van der Waals surface area contributed by atoms with Crippen LogP contribution in [-0.4, -0.2) is 41.1 Å². The van der Waals surface area contributed by atoms with E-state index in [0.717, 1.165) is 11.1 Å². The minimum atomic E-state index is -0.804. The summed E-state index contributed by atoms with van der Waals surface area (Å²) in [5.41, 5.74) is 3.43. The molecule has 8 heteroatoms. The third-order valence-corrected chi connectivity index (χ3v) is 5.17. The lowest BCUT2D eigenvalue weighted by Crippen LogP contribution is -2.34. The van der Waals surface area contributed by atoms with Crippen molar-refractivity contribution in [3.63, 3.8) is 0 Å². The van der Waals surface area contributed by atoms with Gasteiger partial charge < -0.3 is 9.64 Å². The summed E-state index contributed by atoms with van der Waals surface area (Å²) in [4.78, 5) is 39.3. The summed E-state index contributed by atoms with van der Waals surface area (Å²) in [5.74, 6) is -1.41. The van der Waals surface area contributed by atoms with E-state index in [-0.39, 0.29) is 23.7 Å². The van der Waals surface area contributed by atoms with Crippen molar-refractivity contribution in [2.75, 3.05) is 18.6 Å². The van der Waals surface area contributed by atoms with Crippen molar-refractivity contribution in [3.05, 3.63) is 70.9 Å². The number of hydrogen-bond acceptors (Lipinski definition) is 5. The number of rotatable bonds is 2. The molecule has 1 aliphatic heterocycles. The van der Waals surface area contributed by atoms with E-state index in [0.29, 0.717) is 22.7 Å². The van der Waals surface area contributed by atoms with Gasteiger partial charge in [-0.15, -0.1) is 0 Å². The summed E-state index contributed by atoms with van der Waals surface area (Å²) in [6.45, 7) is 5.26. The van der Waals surface area contributed by atoms with Crippen LogP contribution >= 0.6 is 0 Å². The number of aliphatic imine (C=N–C) groups is 1. The molecule has 0 saturated heterocycles. The summed E-state index contributed by atoms with van der Waals surface area (Å²) in [6, 6.07) is 10.2. The molecule has 0 aliphatic carbocycles. The molecule has 7 nitrogen and oxygen atoms in total. The average Bonchev–Trinajstić information content (AvgIpc) is 2.86. The molecule has 0 N–H and O–H groups in total. The Morgan fingerprint density at radius 1 is 1.12 bits per heavy atom. The first-order valence-electron chi connectivity index (χ1n) is 9.98. The van der Waals surface area contributed by atoms with E-state index in [1.54, 1.807) is 39.1 Å². The van der Waals surface area contributed by atoms with Crippen molar-refractivity contribution in [1.29, 1.82) is 0 Å². The molecule has 1 aliphatic rings. The molecule has 0 radical (unpaired) electrons. The summed E-state index contributed by atoms with van der Waals surface area (Å²) < 4.78 is 20.2. The summed E-state index contributed by atoms with van der Waals surface area (Å²) in [7, 11) is 1.59. The molecule has 162 valence electrons. The first kappa shape index (κ1) is 21.3. The van der Waals surface area contributed by atoms with Crippen LogP contribution in [0.2, 0.25) is 0 Å². The van der Waals surface area contributed by atoms with Gasteiger partial charge in [0, 0.05) is 18.8 Å². The molecule has 0 atom stereocenters. The number of fused-ring (bicyclic) bond motifs is 1. The highest BCUT2D eigenvalue weighted by molar-refractivity contribution is 6.46. The molecule has 1 aromatic heterocycles. The summed E-state index contributed by atoms with van der Waals surface area (Å²) in [5, 5.41) is 0. The van der Waals surface area contributed by atoms with Gasteiger partial charge in [0.15, 0.2) is 0 Å². The van der Waals surface area contributed by atoms with E-state index < -0.39 is 17.6 Å². The van der Waals surface area contributed by atoms with E-state index in [1.165, 1.54) is 17.2 Å². The number of hydrogen-bond donors (Lipinski definition) is 0. The SMILES string of the molecule is Cc1ccc(-c2nc(C(=O)/N=C3\COc4cc(C)ccc4N(C)C3=O)ncc2C)c(F)c1. The molecule has 0 fully saturated rings. The minimum Gasteiger partial charge on any atom is -0.485 e. The van der Waals surface area contributed by atoms with E-state index in [4.69, 9.17) is 4.74 Å². The standard InChI is InChI=1S/C24H21FN4O3/c1-13-5-7-16(17(25)9-13)21-15(3)11-26-22(28-21)23(30)27-18-12-32-20-10-14(2)6-8-19(20)29(4)24(18)31/h5-11H,12H2,1-4H3/b27-18+. The molecule has 2 heterocycles. The Hall–Kier alpha value is -3.94. The van der Waals surface area contributed by atoms with Gasteiger partial charge >= 0.3 is 5.91 Å².